The maximum absolute atomic E-state index is 13.0. The van der Waals surface area contributed by atoms with Crippen LogP contribution in [0.4, 0.5) is 5.82 Å². The van der Waals surface area contributed by atoms with Crippen LogP contribution < -0.4 is 9.64 Å². The third-order valence-corrected chi connectivity index (χ3v) is 7.37. The van der Waals surface area contributed by atoms with Crippen molar-refractivity contribution in [3.63, 3.8) is 0 Å². The first-order chi connectivity index (χ1) is 16.0. The number of ether oxygens (including phenoxy) is 1. The van der Waals surface area contributed by atoms with Crippen LogP contribution in [-0.2, 0) is 22.6 Å². The number of benzene rings is 1. The van der Waals surface area contributed by atoms with Crippen molar-refractivity contribution in [1.29, 1.82) is 0 Å². The van der Waals surface area contributed by atoms with Crippen molar-refractivity contribution < 1.29 is 14.3 Å². The van der Waals surface area contributed by atoms with E-state index in [4.69, 9.17) is 14.7 Å². The molecule has 1 unspecified atom stereocenters. The van der Waals surface area contributed by atoms with E-state index in [1.165, 1.54) is 0 Å². The van der Waals surface area contributed by atoms with Gasteiger partial charge in [-0.05, 0) is 50.3 Å². The van der Waals surface area contributed by atoms with E-state index >= 15 is 0 Å². The van der Waals surface area contributed by atoms with Gasteiger partial charge in [-0.15, -0.1) is 0 Å². The highest BCUT2D eigenvalue weighted by atomic mass is 16.5. The van der Waals surface area contributed by atoms with Crippen LogP contribution >= 0.6 is 0 Å². The summed E-state index contributed by atoms with van der Waals surface area (Å²) in [7, 11) is 1.64. The Balaban J connectivity index is 1.38. The summed E-state index contributed by atoms with van der Waals surface area (Å²) in [6, 6.07) is 7.78. The number of aromatic nitrogens is 2. The molecule has 3 heterocycles. The average Bonchev–Trinajstić information content (AvgIpc) is 3.48. The average molecular weight is 449 g/mol. The van der Waals surface area contributed by atoms with E-state index in [2.05, 4.69) is 0 Å². The van der Waals surface area contributed by atoms with E-state index in [0.29, 0.717) is 25.4 Å². The minimum atomic E-state index is 0.0454. The number of fused-ring (bicyclic) bond motifs is 1. The number of rotatable bonds is 5. The summed E-state index contributed by atoms with van der Waals surface area (Å²) < 4.78 is 5.34. The molecule has 1 aromatic carbocycles. The Kier molecular flexibility index (Phi) is 6.04. The first kappa shape index (κ1) is 21.9. The first-order valence-corrected chi connectivity index (χ1v) is 12.1. The zero-order chi connectivity index (χ0) is 22.9. The van der Waals surface area contributed by atoms with Gasteiger partial charge in [-0.1, -0.05) is 25.0 Å². The van der Waals surface area contributed by atoms with Crippen molar-refractivity contribution in [1.82, 2.24) is 14.9 Å². The Labute approximate surface area is 195 Å². The van der Waals surface area contributed by atoms with Gasteiger partial charge in [0.05, 0.1) is 20.1 Å². The predicted molar refractivity (Wildman–Crippen MR) is 125 cm³/mol. The number of amides is 2. The van der Waals surface area contributed by atoms with E-state index in [1.54, 1.807) is 12.0 Å². The van der Waals surface area contributed by atoms with Crippen LogP contribution in [-0.4, -0.2) is 46.9 Å². The van der Waals surface area contributed by atoms with Gasteiger partial charge >= 0.3 is 0 Å². The summed E-state index contributed by atoms with van der Waals surface area (Å²) >= 11 is 0. The third-order valence-electron chi connectivity index (χ3n) is 7.37. The minimum absolute atomic E-state index is 0.0454. The number of carbonyl (C=O) groups is 2. The molecular weight excluding hydrogens is 416 g/mol. The van der Waals surface area contributed by atoms with Gasteiger partial charge in [-0.3, -0.25) is 14.5 Å². The van der Waals surface area contributed by atoms with Crippen molar-refractivity contribution in [2.24, 2.45) is 5.92 Å². The van der Waals surface area contributed by atoms with E-state index in [9.17, 15) is 9.59 Å². The molecule has 0 spiro atoms. The van der Waals surface area contributed by atoms with Gasteiger partial charge in [0, 0.05) is 36.2 Å². The molecule has 0 N–H and O–H groups in total. The molecule has 33 heavy (non-hydrogen) atoms. The van der Waals surface area contributed by atoms with Crippen LogP contribution in [0.2, 0.25) is 0 Å². The van der Waals surface area contributed by atoms with Gasteiger partial charge in [-0.2, -0.15) is 0 Å². The van der Waals surface area contributed by atoms with Gasteiger partial charge < -0.3 is 9.64 Å². The number of aryl methyl sites for hydroxylation is 1. The van der Waals surface area contributed by atoms with Crippen molar-refractivity contribution in [2.75, 3.05) is 25.1 Å². The van der Waals surface area contributed by atoms with Crippen LogP contribution in [0.3, 0.4) is 0 Å². The number of likely N-dealkylation sites (tertiary alicyclic amines) is 1. The number of nitrogens with zero attached hydrogens (tertiary/aromatic N) is 4. The normalized spacial score (nSPS) is 20.9. The highest BCUT2D eigenvalue weighted by molar-refractivity contribution is 6.00. The Morgan fingerprint density at radius 3 is 2.76 bits per heavy atom. The molecule has 174 valence electrons. The van der Waals surface area contributed by atoms with Gasteiger partial charge in [0.2, 0.25) is 11.8 Å². The van der Waals surface area contributed by atoms with Crippen molar-refractivity contribution in [3.8, 4) is 5.75 Å². The van der Waals surface area contributed by atoms with Crippen molar-refractivity contribution in [2.45, 2.75) is 64.3 Å². The SMILES string of the molecule is COc1cccc(CN2C(=O)Cc3c(C)nc(C4CCCN(C(=O)C5CCCC5)C4)nc32)c1. The quantitative estimate of drug-likeness (QED) is 0.696. The molecule has 2 amide bonds. The topological polar surface area (TPSA) is 75.6 Å². The number of methoxy groups -OCH3 is 1. The molecule has 1 aromatic heterocycles. The van der Waals surface area contributed by atoms with Crippen molar-refractivity contribution >= 4 is 17.6 Å². The molecule has 0 radical (unpaired) electrons. The Hall–Kier alpha value is -2.96. The zero-order valence-corrected chi connectivity index (χ0v) is 19.5. The number of hydrogen-bond donors (Lipinski definition) is 0. The molecule has 7 heteroatoms. The molecule has 1 aliphatic carbocycles. The second-order valence-corrected chi connectivity index (χ2v) is 9.58. The molecule has 2 aliphatic heterocycles. The molecule has 5 rings (SSSR count). The van der Waals surface area contributed by atoms with Gasteiger partial charge in [0.25, 0.3) is 0 Å². The lowest BCUT2D eigenvalue weighted by Crippen LogP contribution is -2.42. The lowest BCUT2D eigenvalue weighted by atomic mass is 9.95. The van der Waals surface area contributed by atoms with Crippen LogP contribution in [0.5, 0.6) is 5.75 Å². The standard InChI is InChI=1S/C26H32N4O3/c1-17-22-14-23(31)30(15-18-7-5-11-21(13-18)33-2)25(22)28-24(27-17)20-10-6-12-29(16-20)26(32)19-8-3-4-9-19/h5,7,11,13,19-20H,3-4,6,8-10,12,14-16H2,1-2H3. The number of piperidine rings is 1. The van der Waals surface area contributed by atoms with E-state index in [-0.39, 0.29) is 17.7 Å². The molecule has 1 saturated heterocycles. The minimum Gasteiger partial charge on any atom is -0.497 e. The summed E-state index contributed by atoms with van der Waals surface area (Å²) in [6.07, 6.45) is 6.65. The highest BCUT2D eigenvalue weighted by Gasteiger charge is 2.35. The number of anilines is 1. The lowest BCUT2D eigenvalue weighted by molar-refractivity contribution is -0.136. The number of hydrogen-bond acceptors (Lipinski definition) is 5. The molecule has 1 saturated carbocycles. The Bertz CT molecular complexity index is 1060. The largest absolute Gasteiger partial charge is 0.497 e. The molecule has 2 aromatic rings. The zero-order valence-electron chi connectivity index (χ0n) is 19.5. The van der Waals surface area contributed by atoms with Crippen LogP contribution in [0.25, 0.3) is 0 Å². The van der Waals surface area contributed by atoms with E-state index < -0.39 is 0 Å². The second-order valence-electron chi connectivity index (χ2n) is 9.58. The molecular formula is C26H32N4O3. The maximum atomic E-state index is 13.0. The Morgan fingerprint density at radius 2 is 1.97 bits per heavy atom. The monoisotopic (exact) mass is 448 g/mol. The van der Waals surface area contributed by atoms with Crippen LogP contribution in [0.1, 0.15) is 67.1 Å². The fourth-order valence-corrected chi connectivity index (χ4v) is 5.52. The summed E-state index contributed by atoms with van der Waals surface area (Å²) in [4.78, 5) is 39.4. The molecule has 0 bridgehead atoms. The van der Waals surface area contributed by atoms with Crippen LogP contribution in [0.15, 0.2) is 24.3 Å². The predicted octanol–water partition coefficient (Wildman–Crippen LogP) is 3.78. The molecule has 7 nitrogen and oxygen atoms in total. The third kappa shape index (κ3) is 4.33. The van der Waals surface area contributed by atoms with Gasteiger partial charge in [0.1, 0.15) is 17.4 Å². The molecule has 3 aliphatic rings. The van der Waals surface area contributed by atoms with Crippen molar-refractivity contribution in [3.05, 3.63) is 46.9 Å². The lowest BCUT2D eigenvalue weighted by Gasteiger charge is -2.34. The fourth-order valence-electron chi connectivity index (χ4n) is 5.52. The summed E-state index contributed by atoms with van der Waals surface area (Å²) in [5.41, 5.74) is 2.79. The summed E-state index contributed by atoms with van der Waals surface area (Å²) in [5, 5.41) is 0. The highest BCUT2D eigenvalue weighted by Crippen LogP contribution is 2.35. The smallest absolute Gasteiger partial charge is 0.233 e. The summed E-state index contributed by atoms with van der Waals surface area (Å²) in [6.45, 7) is 3.93. The second kappa shape index (κ2) is 9.12. The fraction of sp³-hybridized carbons (Fsp3) is 0.538. The maximum Gasteiger partial charge on any atom is 0.233 e. The van der Waals surface area contributed by atoms with E-state index in [0.717, 1.165) is 79.3 Å². The number of carbonyl (C=O) groups excluding carboxylic acids is 2. The molecule has 2 fully saturated rings. The molecule has 1 atom stereocenters. The Morgan fingerprint density at radius 1 is 1.15 bits per heavy atom. The summed E-state index contributed by atoms with van der Waals surface area (Å²) in [5.74, 6) is 2.93. The van der Waals surface area contributed by atoms with E-state index in [1.807, 2.05) is 36.1 Å². The van der Waals surface area contributed by atoms with Crippen LogP contribution in [0, 0.1) is 12.8 Å². The van der Waals surface area contributed by atoms with Gasteiger partial charge in [0.15, 0.2) is 0 Å². The first-order valence-electron chi connectivity index (χ1n) is 12.1. The van der Waals surface area contributed by atoms with Gasteiger partial charge in [-0.25, -0.2) is 9.97 Å².